The summed E-state index contributed by atoms with van der Waals surface area (Å²) >= 11 is 1.52. The second kappa shape index (κ2) is 7.21. The lowest BCUT2D eigenvalue weighted by Crippen LogP contribution is -2.15. The van der Waals surface area contributed by atoms with E-state index in [-0.39, 0.29) is 18.1 Å². The average molecular weight is 368 g/mol. The standard InChI is InChI=1S/C19H20N4O2S/c1-11-10-26-19(20-11)23-13(3)17(12(2)22-23)9-18(25)21-16-7-5-6-15(8-16)14(4)24/h5-8,10H,9H2,1-4H3,(H,21,25). The Kier molecular flexibility index (Phi) is 4.99. The zero-order valence-corrected chi connectivity index (χ0v) is 16.0. The SMILES string of the molecule is CC(=O)c1cccc(NC(=O)Cc2c(C)nn(-c3nc(C)cs3)c2C)c1. The normalized spacial score (nSPS) is 10.8. The molecule has 0 saturated heterocycles. The molecule has 0 bridgehead atoms. The van der Waals surface area contributed by atoms with E-state index in [1.807, 2.05) is 26.2 Å². The molecule has 0 unspecified atom stereocenters. The van der Waals surface area contributed by atoms with Crippen molar-refractivity contribution in [2.45, 2.75) is 34.1 Å². The summed E-state index contributed by atoms with van der Waals surface area (Å²) in [6.45, 7) is 7.27. The molecule has 0 radical (unpaired) electrons. The van der Waals surface area contributed by atoms with E-state index in [0.717, 1.165) is 27.8 Å². The maximum atomic E-state index is 12.5. The maximum absolute atomic E-state index is 12.5. The van der Waals surface area contributed by atoms with Gasteiger partial charge in [-0.2, -0.15) is 5.10 Å². The fourth-order valence-corrected chi connectivity index (χ4v) is 3.54. The number of amides is 1. The molecule has 6 nitrogen and oxygen atoms in total. The highest BCUT2D eigenvalue weighted by Gasteiger charge is 2.17. The minimum absolute atomic E-state index is 0.0344. The summed E-state index contributed by atoms with van der Waals surface area (Å²) in [4.78, 5) is 28.4. The number of carbonyl (C=O) groups is 2. The van der Waals surface area contributed by atoms with Crippen LogP contribution in [-0.4, -0.2) is 26.5 Å². The summed E-state index contributed by atoms with van der Waals surface area (Å²) in [5.41, 5.74) is 4.73. The molecule has 134 valence electrons. The van der Waals surface area contributed by atoms with Crippen molar-refractivity contribution >= 4 is 28.7 Å². The minimum atomic E-state index is -0.147. The lowest BCUT2D eigenvalue weighted by molar-refractivity contribution is -0.115. The number of thiazole rings is 1. The van der Waals surface area contributed by atoms with E-state index in [9.17, 15) is 9.59 Å². The topological polar surface area (TPSA) is 76.9 Å². The van der Waals surface area contributed by atoms with Gasteiger partial charge < -0.3 is 5.32 Å². The largest absolute Gasteiger partial charge is 0.326 e. The van der Waals surface area contributed by atoms with Crippen LogP contribution < -0.4 is 5.32 Å². The molecule has 1 N–H and O–H groups in total. The number of rotatable bonds is 5. The lowest BCUT2D eigenvalue weighted by Gasteiger charge is -2.07. The van der Waals surface area contributed by atoms with Crippen molar-refractivity contribution in [2.75, 3.05) is 5.32 Å². The number of aromatic nitrogens is 3. The van der Waals surface area contributed by atoms with Gasteiger partial charge in [0.05, 0.1) is 17.8 Å². The molecule has 0 spiro atoms. The van der Waals surface area contributed by atoms with Crippen LogP contribution in [0.4, 0.5) is 5.69 Å². The zero-order chi connectivity index (χ0) is 18.8. The summed E-state index contributed by atoms with van der Waals surface area (Å²) in [6.07, 6.45) is 0.215. The van der Waals surface area contributed by atoms with Gasteiger partial charge in [-0.3, -0.25) is 9.59 Å². The van der Waals surface area contributed by atoms with Crippen molar-refractivity contribution < 1.29 is 9.59 Å². The third-order valence-electron chi connectivity index (χ3n) is 4.12. The summed E-state index contributed by atoms with van der Waals surface area (Å²) in [5.74, 6) is -0.181. The molecule has 1 amide bonds. The van der Waals surface area contributed by atoms with E-state index in [4.69, 9.17) is 0 Å². The van der Waals surface area contributed by atoms with E-state index in [2.05, 4.69) is 15.4 Å². The number of aryl methyl sites for hydroxylation is 2. The smallest absolute Gasteiger partial charge is 0.228 e. The highest BCUT2D eigenvalue weighted by molar-refractivity contribution is 7.12. The van der Waals surface area contributed by atoms with E-state index in [1.165, 1.54) is 18.3 Å². The van der Waals surface area contributed by atoms with Crippen molar-refractivity contribution in [3.05, 3.63) is 57.9 Å². The van der Waals surface area contributed by atoms with Crippen LogP contribution in [0.15, 0.2) is 29.6 Å². The van der Waals surface area contributed by atoms with Crippen molar-refractivity contribution in [2.24, 2.45) is 0 Å². The molecule has 0 atom stereocenters. The Balaban J connectivity index is 1.79. The van der Waals surface area contributed by atoms with Gasteiger partial charge in [0.2, 0.25) is 11.0 Å². The predicted molar refractivity (Wildman–Crippen MR) is 102 cm³/mol. The van der Waals surface area contributed by atoms with Crippen LogP contribution in [0.1, 0.15) is 39.9 Å². The van der Waals surface area contributed by atoms with Crippen molar-refractivity contribution in [3.8, 4) is 5.13 Å². The Hall–Kier alpha value is -2.80. The van der Waals surface area contributed by atoms with Gasteiger partial charge in [0.15, 0.2) is 5.78 Å². The molecule has 0 fully saturated rings. The summed E-state index contributed by atoms with van der Waals surface area (Å²) in [7, 11) is 0. The van der Waals surface area contributed by atoms with Crippen LogP contribution in [0, 0.1) is 20.8 Å². The minimum Gasteiger partial charge on any atom is -0.326 e. The van der Waals surface area contributed by atoms with E-state index in [1.54, 1.807) is 28.9 Å². The van der Waals surface area contributed by atoms with Crippen LogP contribution in [0.25, 0.3) is 5.13 Å². The van der Waals surface area contributed by atoms with Crippen LogP contribution in [0.2, 0.25) is 0 Å². The van der Waals surface area contributed by atoms with Crippen molar-refractivity contribution in [1.82, 2.24) is 14.8 Å². The van der Waals surface area contributed by atoms with Gasteiger partial charge in [-0.05, 0) is 39.8 Å². The second-order valence-corrected chi connectivity index (χ2v) is 7.03. The molecule has 26 heavy (non-hydrogen) atoms. The number of nitrogens with zero attached hydrogens (tertiary/aromatic N) is 3. The highest BCUT2D eigenvalue weighted by Crippen LogP contribution is 2.21. The van der Waals surface area contributed by atoms with E-state index in [0.29, 0.717) is 11.3 Å². The molecule has 0 aliphatic carbocycles. The zero-order valence-electron chi connectivity index (χ0n) is 15.2. The van der Waals surface area contributed by atoms with Gasteiger partial charge >= 0.3 is 0 Å². The molecule has 3 rings (SSSR count). The van der Waals surface area contributed by atoms with Crippen molar-refractivity contribution in [3.63, 3.8) is 0 Å². The highest BCUT2D eigenvalue weighted by atomic mass is 32.1. The quantitative estimate of drug-likeness (QED) is 0.698. The number of hydrogen-bond acceptors (Lipinski definition) is 5. The van der Waals surface area contributed by atoms with Crippen LogP contribution in [0.5, 0.6) is 0 Å². The number of carbonyl (C=O) groups excluding carboxylic acids is 2. The first kappa shape index (κ1) is 18.0. The third kappa shape index (κ3) is 3.72. The number of anilines is 1. The summed E-state index contributed by atoms with van der Waals surface area (Å²) in [6, 6.07) is 6.94. The lowest BCUT2D eigenvalue weighted by atomic mass is 10.1. The Morgan fingerprint density at radius 1 is 1.23 bits per heavy atom. The van der Waals surface area contributed by atoms with Gasteiger partial charge in [-0.1, -0.05) is 12.1 Å². The fourth-order valence-electron chi connectivity index (χ4n) is 2.74. The third-order valence-corrected chi connectivity index (χ3v) is 5.05. The Bertz CT molecular complexity index is 987. The maximum Gasteiger partial charge on any atom is 0.228 e. The van der Waals surface area contributed by atoms with Gasteiger partial charge in [0.25, 0.3) is 0 Å². The van der Waals surface area contributed by atoms with Gasteiger partial charge in [-0.15, -0.1) is 11.3 Å². The van der Waals surface area contributed by atoms with Crippen molar-refractivity contribution in [1.29, 1.82) is 0 Å². The predicted octanol–water partition coefficient (Wildman–Crippen LogP) is 3.64. The Labute approximate surface area is 155 Å². The molecule has 1 aromatic carbocycles. The number of ketones is 1. The number of benzene rings is 1. The summed E-state index contributed by atoms with van der Waals surface area (Å²) in [5, 5.41) is 10.2. The Morgan fingerprint density at radius 3 is 2.65 bits per heavy atom. The molecule has 3 aromatic rings. The molecular weight excluding hydrogens is 348 g/mol. The first-order chi connectivity index (χ1) is 12.3. The van der Waals surface area contributed by atoms with Crippen LogP contribution in [-0.2, 0) is 11.2 Å². The summed E-state index contributed by atoms with van der Waals surface area (Å²) < 4.78 is 1.78. The van der Waals surface area contributed by atoms with Gasteiger partial charge in [0, 0.05) is 27.9 Å². The second-order valence-electron chi connectivity index (χ2n) is 6.19. The average Bonchev–Trinajstić information content (AvgIpc) is 3.13. The van der Waals surface area contributed by atoms with Crippen LogP contribution >= 0.6 is 11.3 Å². The molecule has 7 heteroatoms. The number of hydrogen-bond donors (Lipinski definition) is 1. The first-order valence-corrected chi connectivity index (χ1v) is 9.11. The van der Waals surface area contributed by atoms with E-state index < -0.39 is 0 Å². The molecular formula is C19H20N4O2S. The van der Waals surface area contributed by atoms with E-state index >= 15 is 0 Å². The molecule has 2 aromatic heterocycles. The Morgan fingerprint density at radius 2 is 2.00 bits per heavy atom. The van der Waals surface area contributed by atoms with Gasteiger partial charge in [-0.25, -0.2) is 9.67 Å². The molecule has 0 saturated carbocycles. The number of nitrogens with one attached hydrogen (secondary N) is 1. The fraction of sp³-hybridized carbons (Fsp3) is 0.263. The molecule has 0 aliphatic rings. The van der Waals surface area contributed by atoms with Gasteiger partial charge in [0.1, 0.15) is 0 Å². The number of Topliss-reactive ketones (excluding diaryl/α,β-unsaturated/α-hetero) is 1. The molecule has 2 heterocycles. The van der Waals surface area contributed by atoms with Crippen LogP contribution in [0.3, 0.4) is 0 Å². The first-order valence-electron chi connectivity index (χ1n) is 8.23. The molecule has 0 aliphatic heterocycles. The monoisotopic (exact) mass is 368 g/mol.